The van der Waals surface area contributed by atoms with Gasteiger partial charge >= 0.3 is 13.3 Å². The number of Topliss-reactive ketones (excluding diaryl/α,β-unsaturated/α-hetero) is 1. The zero-order valence-corrected chi connectivity index (χ0v) is 17.8. The number of carbonyl (C=O) groups is 2. The summed E-state index contributed by atoms with van der Waals surface area (Å²) in [6.07, 6.45) is 0. The summed E-state index contributed by atoms with van der Waals surface area (Å²) in [7, 11) is 1.81. The average Bonchev–Trinajstić information content (AvgIpc) is 2.70. The van der Waals surface area contributed by atoms with Gasteiger partial charge in [0.2, 0.25) is 11.4 Å². The van der Waals surface area contributed by atoms with Crippen molar-refractivity contribution in [3.8, 4) is 17.2 Å². The Morgan fingerprint density at radius 3 is 1.82 bits per heavy atom. The van der Waals surface area contributed by atoms with Crippen molar-refractivity contribution in [1.29, 1.82) is 0 Å². The minimum Gasteiger partial charge on any atom is -0.496 e. The highest BCUT2D eigenvalue weighted by Gasteiger charge is 2.44. The summed E-state index contributed by atoms with van der Waals surface area (Å²) in [4.78, 5) is 26.0. The number of methoxy groups -OCH3 is 3. The van der Waals surface area contributed by atoms with Crippen molar-refractivity contribution in [3.05, 3.63) is 52.6 Å². The first-order valence-electron chi connectivity index (χ1n) is 8.67. The molecule has 28 heavy (non-hydrogen) atoms. The van der Waals surface area contributed by atoms with Crippen molar-refractivity contribution in [2.75, 3.05) is 21.3 Å². The van der Waals surface area contributed by atoms with E-state index in [0.29, 0.717) is 11.3 Å². The molecule has 0 aliphatic rings. The molecule has 7 heteroatoms. The van der Waals surface area contributed by atoms with E-state index in [4.69, 9.17) is 14.2 Å². The molecule has 0 spiro atoms. The molecule has 0 fully saturated rings. The van der Waals surface area contributed by atoms with Gasteiger partial charge in [0.25, 0.3) is 0 Å². The lowest BCUT2D eigenvalue weighted by Gasteiger charge is -2.14. The van der Waals surface area contributed by atoms with Gasteiger partial charge in [0.1, 0.15) is 22.8 Å². The van der Waals surface area contributed by atoms with E-state index in [1.165, 1.54) is 28.3 Å². The maximum Gasteiger partial charge on any atom is 0.431 e. The fraction of sp³-hybridized carbons (Fsp3) is 0.333. The summed E-state index contributed by atoms with van der Waals surface area (Å²) in [5.41, 5.74) is 0.420. The zero-order valence-electron chi connectivity index (χ0n) is 16.9. The molecule has 0 amide bonds. The third-order valence-corrected chi connectivity index (χ3v) is 6.15. The molecule has 0 saturated heterocycles. The summed E-state index contributed by atoms with van der Waals surface area (Å²) in [5, 5.41) is 0. The molecule has 6 nitrogen and oxygen atoms in total. The number of rotatable bonds is 8. The van der Waals surface area contributed by atoms with E-state index in [9.17, 15) is 14.2 Å². The molecule has 2 atom stereocenters. The molecule has 148 valence electrons. The predicted molar refractivity (Wildman–Crippen MR) is 108 cm³/mol. The highest BCUT2D eigenvalue weighted by Crippen LogP contribution is 2.41. The van der Waals surface area contributed by atoms with Crippen LogP contribution in [-0.2, 0) is 4.57 Å². The van der Waals surface area contributed by atoms with E-state index in [2.05, 4.69) is 0 Å². The lowest BCUT2D eigenvalue weighted by Crippen LogP contribution is -2.19. The SMILES string of the molecule is COc1cc(OC)c(C(=O)C(C)[P+](=O)C(=O)c2c(C)cccc2C)c(OC)c1. The molecule has 2 rings (SSSR count). The Kier molecular flexibility index (Phi) is 6.92. The average molecular weight is 403 g/mol. The second-order valence-electron chi connectivity index (χ2n) is 6.34. The number of aryl methyl sites for hydroxylation is 2. The third kappa shape index (κ3) is 4.07. The van der Waals surface area contributed by atoms with E-state index in [1.807, 2.05) is 6.07 Å². The van der Waals surface area contributed by atoms with Gasteiger partial charge in [0.15, 0.2) is 0 Å². The third-order valence-electron chi connectivity index (χ3n) is 4.59. The topological polar surface area (TPSA) is 78.9 Å². The maximum atomic E-state index is 13.1. The maximum absolute atomic E-state index is 13.1. The molecule has 0 N–H and O–H groups in total. The second-order valence-corrected chi connectivity index (χ2v) is 8.18. The number of carbonyl (C=O) groups excluding carboxylic acids is 2. The van der Waals surface area contributed by atoms with Gasteiger partial charge in [-0.15, -0.1) is 0 Å². The Morgan fingerprint density at radius 1 is 0.893 bits per heavy atom. The number of ether oxygens (including phenoxy) is 3. The first-order valence-corrected chi connectivity index (χ1v) is 10.0. The number of hydrogen-bond donors (Lipinski definition) is 0. The standard InChI is InChI=1S/C21H24O6P/c1-12-8-7-9-13(2)18(12)21(23)28(24)14(3)20(22)19-16(26-5)10-15(25-4)11-17(19)27-6/h7-11,14H,1-6H3/q+1. The lowest BCUT2D eigenvalue weighted by atomic mass is 10.0. The molecule has 0 radical (unpaired) electrons. The number of ketones is 1. The molecule has 2 aromatic rings. The predicted octanol–water partition coefficient (Wildman–Crippen LogP) is 4.57. The van der Waals surface area contributed by atoms with Gasteiger partial charge in [-0.1, -0.05) is 22.8 Å². The smallest absolute Gasteiger partial charge is 0.431 e. The largest absolute Gasteiger partial charge is 0.496 e. The van der Waals surface area contributed by atoms with Crippen LogP contribution in [0.1, 0.15) is 38.8 Å². The van der Waals surface area contributed by atoms with Crippen molar-refractivity contribution in [2.45, 2.75) is 26.4 Å². The lowest BCUT2D eigenvalue weighted by molar-refractivity contribution is 0.0976. The van der Waals surface area contributed by atoms with Gasteiger partial charge in [0.05, 0.1) is 26.9 Å². The van der Waals surface area contributed by atoms with Crippen molar-refractivity contribution in [3.63, 3.8) is 0 Å². The van der Waals surface area contributed by atoms with Crippen molar-refractivity contribution >= 4 is 19.1 Å². The molecular weight excluding hydrogens is 379 g/mol. The van der Waals surface area contributed by atoms with Crippen LogP contribution in [0.25, 0.3) is 0 Å². The van der Waals surface area contributed by atoms with E-state index >= 15 is 0 Å². The van der Waals surface area contributed by atoms with Crippen LogP contribution in [-0.4, -0.2) is 38.3 Å². The van der Waals surface area contributed by atoms with Crippen molar-refractivity contribution in [2.24, 2.45) is 0 Å². The molecule has 0 bridgehead atoms. The molecule has 0 aliphatic carbocycles. The molecule has 2 aromatic carbocycles. The Labute approximate surface area is 165 Å². The molecule has 0 aromatic heterocycles. The minimum atomic E-state index is -2.50. The minimum absolute atomic E-state index is 0.135. The normalized spacial score (nSPS) is 12.1. The van der Waals surface area contributed by atoms with Crippen LogP contribution in [0.2, 0.25) is 0 Å². The van der Waals surface area contributed by atoms with E-state index in [1.54, 1.807) is 38.1 Å². The van der Waals surface area contributed by atoms with Crippen LogP contribution >= 0.6 is 7.80 Å². The van der Waals surface area contributed by atoms with Crippen molar-refractivity contribution in [1.82, 2.24) is 0 Å². The van der Waals surface area contributed by atoms with E-state index in [-0.39, 0.29) is 17.1 Å². The summed E-state index contributed by atoms with van der Waals surface area (Å²) >= 11 is 0. The summed E-state index contributed by atoms with van der Waals surface area (Å²) in [5.74, 6) is 0.429. The van der Waals surface area contributed by atoms with Gasteiger partial charge < -0.3 is 14.2 Å². The molecule has 0 aliphatic heterocycles. The van der Waals surface area contributed by atoms with Crippen LogP contribution < -0.4 is 14.2 Å². The van der Waals surface area contributed by atoms with Crippen molar-refractivity contribution < 1.29 is 28.4 Å². The Hall–Kier alpha value is -2.72. The molecule has 0 saturated carbocycles. The number of benzene rings is 2. The quantitative estimate of drug-likeness (QED) is 0.475. The van der Waals surface area contributed by atoms with Gasteiger partial charge in [0, 0.05) is 12.1 Å². The van der Waals surface area contributed by atoms with Gasteiger partial charge in [-0.05, 0) is 31.9 Å². The molecular formula is C21H24O6P+. The summed E-state index contributed by atoms with van der Waals surface area (Å²) in [6.45, 7) is 5.05. The number of hydrogen-bond acceptors (Lipinski definition) is 6. The Balaban J connectivity index is 2.44. The molecule has 2 unspecified atom stereocenters. The van der Waals surface area contributed by atoms with Crippen LogP contribution in [0.5, 0.6) is 17.2 Å². The fourth-order valence-electron chi connectivity index (χ4n) is 3.00. The van der Waals surface area contributed by atoms with Crippen LogP contribution in [0.4, 0.5) is 0 Å². The molecule has 0 heterocycles. The zero-order chi connectivity index (χ0) is 21.0. The van der Waals surface area contributed by atoms with Gasteiger partial charge in [-0.25, -0.2) is 4.79 Å². The second kappa shape index (κ2) is 8.98. The summed E-state index contributed by atoms with van der Waals surface area (Å²) < 4.78 is 28.7. The van der Waals surface area contributed by atoms with Crippen LogP contribution in [0.15, 0.2) is 30.3 Å². The monoisotopic (exact) mass is 403 g/mol. The fourth-order valence-corrected chi connectivity index (χ4v) is 4.27. The van der Waals surface area contributed by atoms with Crippen LogP contribution in [0.3, 0.4) is 0 Å². The summed E-state index contributed by atoms with van der Waals surface area (Å²) in [6, 6.07) is 8.48. The van der Waals surface area contributed by atoms with E-state index in [0.717, 1.165) is 11.1 Å². The highest BCUT2D eigenvalue weighted by atomic mass is 31.1. The van der Waals surface area contributed by atoms with Gasteiger partial charge in [-0.3, -0.25) is 4.79 Å². The van der Waals surface area contributed by atoms with E-state index < -0.39 is 24.8 Å². The first kappa shape index (κ1) is 21.6. The highest BCUT2D eigenvalue weighted by molar-refractivity contribution is 7.66. The van der Waals surface area contributed by atoms with Crippen LogP contribution in [0, 0.1) is 13.8 Å². The Bertz CT molecular complexity index is 889. The van der Waals surface area contributed by atoms with Gasteiger partial charge in [-0.2, -0.15) is 0 Å². The Morgan fingerprint density at radius 2 is 1.39 bits per heavy atom. The first-order chi connectivity index (χ1) is 13.3.